The minimum absolute atomic E-state index is 0.0877. The van der Waals surface area contributed by atoms with Gasteiger partial charge in [-0.3, -0.25) is 9.59 Å². The van der Waals surface area contributed by atoms with Gasteiger partial charge >= 0.3 is 11.8 Å². The number of carbonyl (C=O) groups is 3. The highest BCUT2D eigenvalue weighted by Gasteiger charge is 2.29. The summed E-state index contributed by atoms with van der Waals surface area (Å²) >= 11 is 0. The van der Waals surface area contributed by atoms with Crippen LogP contribution in [0, 0.1) is 5.92 Å². The van der Waals surface area contributed by atoms with Crippen molar-refractivity contribution in [3.63, 3.8) is 0 Å². The largest absolute Gasteiger partial charge is 0.465 e. The molecule has 2 heterocycles. The monoisotopic (exact) mass is 403 g/mol. The molecule has 1 aliphatic rings. The quantitative estimate of drug-likeness (QED) is 0.502. The SMILES string of the molecule is CC(NC(=O)c1ccc2[nH]c(=O)[nH]c2c1)C1CCN(C(=O)[C@H](C)NC(=O)O)CC1. The Morgan fingerprint density at radius 2 is 1.76 bits per heavy atom. The lowest BCUT2D eigenvalue weighted by atomic mass is 9.90. The zero-order valence-corrected chi connectivity index (χ0v) is 16.3. The fourth-order valence-corrected chi connectivity index (χ4v) is 3.72. The van der Waals surface area contributed by atoms with Crippen LogP contribution in [0.15, 0.2) is 23.0 Å². The number of hydrogen-bond acceptors (Lipinski definition) is 4. The van der Waals surface area contributed by atoms with E-state index in [1.165, 1.54) is 6.92 Å². The van der Waals surface area contributed by atoms with Crippen LogP contribution in [0.3, 0.4) is 0 Å². The third-order valence-corrected chi connectivity index (χ3v) is 5.41. The van der Waals surface area contributed by atoms with Gasteiger partial charge in [-0.2, -0.15) is 0 Å². The van der Waals surface area contributed by atoms with Gasteiger partial charge in [0.25, 0.3) is 5.91 Å². The van der Waals surface area contributed by atoms with Gasteiger partial charge in [-0.1, -0.05) is 0 Å². The van der Waals surface area contributed by atoms with E-state index in [0.29, 0.717) is 29.7 Å². The van der Waals surface area contributed by atoms with Crippen molar-refractivity contribution in [1.82, 2.24) is 25.5 Å². The summed E-state index contributed by atoms with van der Waals surface area (Å²) in [6.07, 6.45) is 0.216. The predicted molar refractivity (Wildman–Crippen MR) is 106 cm³/mol. The Bertz CT molecular complexity index is 973. The molecule has 1 aromatic heterocycles. The molecule has 1 fully saturated rings. The van der Waals surface area contributed by atoms with Crippen LogP contribution in [0.25, 0.3) is 11.0 Å². The Morgan fingerprint density at radius 3 is 2.41 bits per heavy atom. The number of piperidine rings is 1. The highest BCUT2D eigenvalue weighted by atomic mass is 16.4. The molecule has 2 aromatic rings. The van der Waals surface area contributed by atoms with E-state index in [-0.39, 0.29) is 29.5 Å². The summed E-state index contributed by atoms with van der Waals surface area (Å²) < 4.78 is 0. The first-order chi connectivity index (χ1) is 13.7. The number of imidazole rings is 1. The molecule has 0 spiro atoms. The molecule has 5 N–H and O–H groups in total. The van der Waals surface area contributed by atoms with Crippen LogP contribution in [-0.4, -0.2) is 63.1 Å². The molecule has 0 bridgehead atoms. The standard InChI is InChI=1S/C19H25N5O5/c1-10(12-5-7-24(8-6-12)17(26)11(2)21-19(28)29)20-16(25)13-3-4-14-15(9-13)23-18(27)22-14/h3-4,9-12,21H,5-8H2,1-2H3,(H,20,25)(H,28,29)(H2,22,23,27)/t10?,11-/m0/s1. The highest BCUT2D eigenvalue weighted by molar-refractivity contribution is 5.97. The van der Waals surface area contributed by atoms with Crippen molar-refractivity contribution in [2.24, 2.45) is 5.92 Å². The van der Waals surface area contributed by atoms with Gasteiger partial charge in [0, 0.05) is 24.7 Å². The topological polar surface area (TPSA) is 147 Å². The number of nitrogens with zero attached hydrogens (tertiary/aromatic N) is 1. The summed E-state index contributed by atoms with van der Waals surface area (Å²) in [6.45, 7) is 4.50. The van der Waals surface area contributed by atoms with Crippen LogP contribution in [-0.2, 0) is 4.79 Å². The number of hydrogen-bond donors (Lipinski definition) is 5. The number of fused-ring (bicyclic) bond motifs is 1. The fourth-order valence-electron chi connectivity index (χ4n) is 3.72. The number of aromatic amines is 2. The second-order valence-corrected chi connectivity index (χ2v) is 7.44. The zero-order chi connectivity index (χ0) is 21.1. The normalized spacial score (nSPS) is 17.0. The van der Waals surface area contributed by atoms with Gasteiger partial charge < -0.3 is 30.6 Å². The zero-order valence-electron chi connectivity index (χ0n) is 16.3. The third kappa shape index (κ3) is 4.76. The maximum atomic E-state index is 12.6. The Hall–Kier alpha value is -3.30. The molecule has 0 radical (unpaired) electrons. The Labute approximate surface area is 166 Å². The molecular weight excluding hydrogens is 378 g/mol. The second kappa shape index (κ2) is 8.38. The lowest BCUT2D eigenvalue weighted by Crippen LogP contribution is -2.51. The third-order valence-electron chi connectivity index (χ3n) is 5.41. The van der Waals surface area contributed by atoms with Crippen LogP contribution in [0.1, 0.15) is 37.0 Å². The average molecular weight is 403 g/mol. The predicted octanol–water partition coefficient (Wildman–Crippen LogP) is 0.869. The molecule has 156 valence electrons. The van der Waals surface area contributed by atoms with Crippen molar-refractivity contribution in [3.8, 4) is 0 Å². The first-order valence-electron chi connectivity index (χ1n) is 9.55. The molecule has 0 saturated carbocycles. The van der Waals surface area contributed by atoms with E-state index in [9.17, 15) is 19.2 Å². The van der Waals surface area contributed by atoms with Crippen molar-refractivity contribution in [1.29, 1.82) is 0 Å². The molecule has 1 aromatic carbocycles. The number of carbonyl (C=O) groups excluding carboxylic acids is 2. The number of benzene rings is 1. The fraction of sp³-hybridized carbons (Fsp3) is 0.474. The van der Waals surface area contributed by atoms with Crippen LogP contribution in [0.2, 0.25) is 0 Å². The van der Waals surface area contributed by atoms with Crippen LogP contribution in [0.4, 0.5) is 4.79 Å². The van der Waals surface area contributed by atoms with Crippen LogP contribution in [0.5, 0.6) is 0 Å². The Kier molecular flexibility index (Phi) is 5.90. The van der Waals surface area contributed by atoms with E-state index in [0.717, 1.165) is 12.8 Å². The van der Waals surface area contributed by atoms with Crippen molar-refractivity contribution in [2.45, 2.75) is 38.8 Å². The van der Waals surface area contributed by atoms with Gasteiger partial charge in [-0.15, -0.1) is 0 Å². The van der Waals surface area contributed by atoms with E-state index in [2.05, 4.69) is 20.6 Å². The molecule has 1 aliphatic heterocycles. The maximum Gasteiger partial charge on any atom is 0.405 e. The number of aromatic nitrogens is 2. The maximum absolute atomic E-state index is 12.6. The molecule has 3 amide bonds. The molecular formula is C19H25N5O5. The lowest BCUT2D eigenvalue weighted by molar-refractivity contribution is -0.134. The molecule has 29 heavy (non-hydrogen) atoms. The van der Waals surface area contributed by atoms with Crippen LogP contribution >= 0.6 is 0 Å². The van der Waals surface area contributed by atoms with Crippen molar-refractivity contribution in [3.05, 3.63) is 34.2 Å². The van der Waals surface area contributed by atoms with E-state index < -0.39 is 12.1 Å². The first-order valence-corrected chi connectivity index (χ1v) is 9.55. The van der Waals surface area contributed by atoms with Gasteiger partial charge in [0.05, 0.1) is 11.0 Å². The number of rotatable bonds is 5. The molecule has 2 atom stereocenters. The average Bonchev–Trinajstić information content (AvgIpc) is 3.06. The van der Waals surface area contributed by atoms with E-state index >= 15 is 0 Å². The Morgan fingerprint density at radius 1 is 1.10 bits per heavy atom. The van der Waals surface area contributed by atoms with Gasteiger partial charge in [-0.25, -0.2) is 9.59 Å². The molecule has 10 heteroatoms. The van der Waals surface area contributed by atoms with Gasteiger partial charge in [0.2, 0.25) is 5.91 Å². The number of likely N-dealkylation sites (tertiary alicyclic amines) is 1. The van der Waals surface area contributed by atoms with Crippen molar-refractivity contribution >= 4 is 28.9 Å². The smallest absolute Gasteiger partial charge is 0.405 e. The first kappa shape index (κ1) is 20.4. The summed E-state index contributed by atoms with van der Waals surface area (Å²) in [4.78, 5) is 53.8. The minimum Gasteiger partial charge on any atom is -0.465 e. The lowest BCUT2D eigenvalue weighted by Gasteiger charge is -2.36. The molecule has 0 aliphatic carbocycles. The summed E-state index contributed by atoms with van der Waals surface area (Å²) in [7, 11) is 0. The van der Waals surface area contributed by atoms with Crippen molar-refractivity contribution in [2.75, 3.05) is 13.1 Å². The number of nitrogens with one attached hydrogen (secondary N) is 4. The summed E-state index contributed by atoms with van der Waals surface area (Å²) in [6, 6.07) is 4.11. The molecule has 1 saturated heterocycles. The van der Waals surface area contributed by atoms with Gasteiger partial charge in [-0.05, 0) is 50.8 Å². The molecule has 10 nitrogen and oxygen atoms in total. The van der Waals surface area contributed by atoms with E-state index in [1.807, 2.05) is 6.92 Å². The number of amides is 3. The van der Waals surface area contributed by atoms with E-state index in [4.69, 9.17) is 5.11 Å². The summed E-state index contributed by atoms with van der Waals surface area (Å²) in [5.74, 6) is -0.253. The van der Waals surface area contributed by atoms with E-state index in [1.54, 1.807) is 23.1 Å². The Balaban J connectivity index is 1.54. The molecule has 1 unspecified atom stereocenters. The van der Waals surface area contributed by atoms with Gasteiger partial charge in [0.1, 0.15) is 6.04 Å². The molecule has 3 rings (SSSR count). The second-order valence-electron chi connectivity index (χ2n) is 7.44. The minimum atomic E-state index is -1.22. The number of carboxylic acid groups (broad SMARTS) is 1. The number of H-pyrrole nitrogens is 2. The van der Waals surface area contributed by atoms with Crippen LogP contribution < -0.4 is 16.3 Å². The summed E-state index contributed by atoms with van der Waals surface area (Å²) in [5.41, 5.74) is 1.36. The van der Waals surface area contributed by atoms with Gasteiger partial charge in [0.15, 0.2) is 0 Å². The van der Waals surface area contributed by atoms with Crippen molar-refractivity contribution < 1.29 is 19.5 Å². The highest BCUT2D eigenvalue weighted by Crippen LogP contribution is 2.22. The summed E-state index contributed by atoms with van der Waals surface area (Å²) in [5, 5.41) is 13.9.